The highest BCUT2D eigenvalue weighted by molar-refractivity contribution is 5.98. The summed E-state index contributed by atoms with van der Waals surface area (Å²) in [4.78, 5) is 24.8. The molecule has 1 fully saturated rings. The molecule has 0 spiro atoms. The molecule has 1 aliphatic rings. The van der Waals surface area contributed by atoms with Crippen LogP contribution in [0, 0.1) is 10.1 Å². The number of nitrogens with one attached hydrogen (secondary N) is 2. The summed E-state index contributed by atoms with van der Waals surface area (Å²) in [6.45, 7) is 3.17. The van der Waals surface area contributed by atoms with Crippen molar-refractivity contribution in [2.24, 2.45) is 0 Å². The third-order valence-electron chi connectivity index (χ3n) is 3.96. The van der Waals surface area contributed by atoms with Gasteiger partial charge in [-0.15, -0.1) is 0 Å². The van der Waals surface area contributed by atoms with Gasteiger partial charge in [-0.25, -0.2) is 0 Å². The number of carbonyl (C=O) groups is 1. The first kappa shape index (κ1) is 20.9. The Bertz CT molecular complexity index is 664. The number of ether oxygens (including phenoxy) is 1. The Morgan fingerprint density at radius 2 is 2.04 bits per heavy atom. The number of nitro groups is 1. The minimum Gasteiger partial charge on any atom is -0.484 e. The van der Waals surface area contributed by atoms with Gasteiger partial charge in [-0.05, 0) is 25.1 Å². The minimum absolute atomic E-state index is 0.260. The SMILES string of the molecule is O=C(NCCCN1CCNCC1)c1cc(OCC(F)(F)F)ccc1[N+](=O)[O-]. The molecule has 27 heavy (non-hydrogen) atoms. The highest BCUT2D eigenvalue weighted by Gasteiger charge is 2.29. The van der Waals surface area contributed by atoms with Gasteiger partial charge in [0.15, 0.2) is 6.61 Å². The molecule has 1 heterocycles. The standard InChI is InChI=1S/C16H21F3N4O4/c17-16(18,19)11-27-12-2-3-14(23(25)26)13(10-12)15(24)21-4-1-7-22-8-5-20-6-9-22/h2-3,10,20H,1,4-9,11H2,(H,21,24). The van der Waals surface area contributed by atoms with E-state index in [0.717, 1.165) is 50.9 Å². The maximum Gasteiger partial charge on any atom is 0.422 e. The smallest absolute Gasteiger partial charge is 0.422 e. The first-order chi connectivity index (χ1) is 12.8. The predicted molar refractivity (Wildman–Crippen MR) is 90.9 cm³/mol. The Balaban J connectivity index is 1.94. The van der Waals surface area contributed by atoms with Gasteiger partial charge in [-0.1, -0.05) is 0 Å². The van der Waals surface area contributed by atoms with E-state index in [4.69, 9.17) is 0 Å². The summed E-state index contributed by atoms with van der Waals surface area (Å²) >= 11 is 0. The summed E-state index contributed by atoms with van der Waals surface area (Å²) in [6.07, 6.45) is -3.89. The van der Waals surface area contributed by atoms with E-state index in [9.17, 15) is 28.1 Å². The second kappa shape index (κ2) is 9.51. The lowest BCUT2D eigenvalue weighted by atomic mass is 10.1. The van der Waals surface area contributed by atoms with E-state index in [-0.39, 0.29) is 11.3 Å². The number of piperazine rings is 1. The van der Waals surface area contributed by atoms with E-state index < -0.39 is 29.3 Å². The quantitative estimate of drug-likeness (QED) is 0.397. The molecule has 1 aliphatic heterocycles. The first-order valence-electron chi connectivity index (χ1n) is 8.45. The van der Waals surface area contributed by atoms with Crippen LogP contribution in [0.1, 0.15) is 16.8 Å². The molecule has 1 saturated heterocycles. The Kier molecular flexibility index (Phi) is 7.36. The van der Waals surface area contributed by atoms with Crippen molar-refractivity contribution in [2.75, 3.05) is 45.9 Å². The minimum atomic E-state index is -4.55. The van der Waals surface area contributed by atoms with Crippen LogP contribution in [0.4, 0.5) is 18.9 Å². The number of amides is 1. The first-order valence-corrected chi connectivity index (χ1v) is 8.45. The van der Waals surface area contributed by atoms with Crippen LogP contribution >= 0.6 is 0 Å². The molecule has 0 unspecified atom stereocenters. The van der Waals surface area contributed by atoms with Crippen molar-refractivity contribution < 1.29 is 27.6 Å². The number of alkyl halides is 3. The fourth-order valence-corrected chi connectivity index (χ4v) is 2.65. The van der Waals surface area contributed by atoms with Gasteiger partial charge in [0.05, 0.1) is 4.92 Å². The molecule has 2 N–H and O–H groups in total. The molecule has 0 atom stereocenters. The molecule has 0 radical (unpaired) electrons. The Morgan fingerprint density at radius 1 is 1.33 bits per heavy atom. The Labute approximate surface area is 153 Å². The average molecular weight is 390 g/mol. The van der Waals surface area contributed by atoms with Gasteiger partial charge < -0.3 is 20.3 Å². The van der Waals surface area contributed by atoms with Crippen molar-refractivity contribution in [3.63, 3.8) is 0 Å². The van der Waals surface area contributed by atoms with Gasteiger partial charge in [-0.2, -0.15) is 13.2 Å². The zero-order valence-electron chi connectivity index (χ0n) is 14.6. The summed E-state index contributed by atoms with van der Waals surface area (Å²) in [5.74, 6) is -0.983. The average Bonchev–Trinajstić information content (AvgIpc) is 2.63. The van der Waals surface area contributed by atoms with Crippen molar-refractivity contribution in [2.45, 2.75) is 12.6 Å². The summed E-state index contributed by atoms with van der Waals surface area (Å²) < 4.78 is 41.3. The van der Waals surface area contributed by atoms with E-state index in [1.807, 2.05) is 0 Å². The van der Waals surface area contributed by atoms with Crippen LogP contribution in [0.15, 0.2) is 18.2 Å². The van der Waals surface area contributed by atoms with Gasteiger partial charge in [0.25, 0.3) is 11.6 Å². The maximum absolute atomic E-state index is 12.3. The number of nitrogens with zero attached hydrogens (tertiary/aromatic N) is 2. The normalized spacial score (nSPS) is 15.4. The van der Waals surface area contributed by atoms with E-state index in [1.165, 1.54) is 0 Å². The van der Waals surface area contributed by atoms with Crippen molar-refractivity contribution in [3.8, 4) is 5.75 Å². The van der Waals surface area contributed by atoms with Crippen molar-refractivity contribution in [1.82, 2.24) is 15.5 Å². The lowest BCUT2D eigenvalue weighted by Crippen LogP contribution is -2.44. The monoisotopic (exact) mass is 390 g/mol. The number of halogens is 3. The number of nitro benzene ring substituents is 1. The second-order valence-corrected chi connectivity index (χ2v) is 6.04. The number of hydrogen-bond donors (Lipinski definition) is 2. The molecule has 0 bridgehead atoms. The summed E-state index contributed by atoms with van der Waals surface area (Å²) in [5.41, 5.74) is -0.823. The van der Waals surface area contributed by atoms with Crippen LogP contribution in [0.25, 0.3) is 0 Å². The van der Waals surface area contributed by atoms with Crippen molar-refractivity contribution in [1.29, 1.82) is 0 Å². The predicted octanol–water partition coefficient (Wildman–Crippen LogP) is 1.56. The lowest BCUT2D eigenvalue weighted by Gasteiger charge is -2.27. The molecular weight excluding hydrogens is 369 g/mol. The molecule has 0 saturated carbocycles. The largest absolute Gasteiger partial charge is 0.484 e. The van der Waals surface area contributed by atoms with E-state index in [0.29, 0.717) is 13.0 Å². The van der Waals surface area contributed by atoms with Gasteiger partial charge in [0.1, 0.15) is 11.3 Å². The number of benzene rings is 1. The summed E-state index contributed by atoms with van der Waals surface area (Å²) in [6, 6.07) is 2.95. The molecule has 11 heteroatoms. The third-order valence-corrected chi connectivity index (χ3v) is 3.96. The summed E-state index contributed by atoms with van der Waals surface area (Å²) in [7, 11) is 0. The van der Waals surface area contributed by atoms with Crippen LogP contribution in [0.3, 0.4) is 0 Å². The van der Waals surface area contributed by atoms with Crippen LogP contribution in [-0.4, -0.2) is 67.8 Å². The highest BCUT2D eigenvalue weighted by Crippen LogP contribution is 2.25. The van der Waals surface area contributed by atoms with Crippen LogP contribution in [-0.2, 0) is 0 Å². The van der Waals surface area contributed by atoms with Crippen LogP contribution < -0.4 is 15.4 Å². The van der Waals surface area contributed by atoms with Gasteiger partial charge in [-0.3, -0.25) is 14.9 Å². The van der Waals surface area contributed by atoms with E-state index >= 15 is 0 Å². The van der Waals surface area contributed by atoms with Crippen molar-refractivity contribution in [3.05, 3.63) is 33.9 Å². The number of rotatable bonds is 8. The lowest BCUT2D eigenvalue weighted by molar-refractivity contribution is -0.385. The van der Waals surface area contributed by atoms with Gasteiger partial charge in [0, 0.05) is 38.8 Å². The highest BCUT2D eigenvalue weighted by atomic mass is 19.4. The molecule has 0 aromatic heterocycles. The van der Waals surface area contributed by atoms with E-state index in [2.05, 4.69) is 20.3 Å². The molecule has 1 aromatic rings. The topological polar surface area (TPSA) is 96.7 Å². The zero-order valence-corrected chi connectivity index (χ0v) is 14.6. The van der Waals surface area contributed by atoms with Crippen molar-refractivity contribution >= 4 is 11.6 Å². The third kappa shape index (κ3) is 7.02. The maximum atomic E-state index is 12.3. The van der Waals surface area contributed by atoms with Gasteiger partial charge in [0.2, 0.25) is 0 Å². The Morgan fingerprint density at radius 3 is 2.67 bits per heavy atom. The van der Waals surface area contributed by atoms with E-state index in [1.54, 1.807) is 0 Å². The van der Waals surface area contributed by atoms with Crippen LogP contribution in [0.5, 0.6) is 5.75 Å². The second-order valence-electron chi connectivity index (χ2n) is 6.04. The molecule has 1 amide bonds. The molecule has 1 aromatic carbocycles. The summed E-state index contributed by atoms with van der Waals surface area (Å²) in [5, 5.41) is 16.9. The molecule has 8 nitrogen and oxygen atoms in total. The molecule has 2 rings (SSSR count). The molecule has 150 valence electrons. The fourth-order valence-electron chi connectivity index (χ4n) is 2.65. The molecular formula is C16H21F3N4O4. The van der Waals surface area contributed by atoms with Gasteiger partial charge >= 0.3 is 6.18 Å². The molecule has 0 aliphatic carbocycles. The number of carbonyl (C=O) groups excluding carboxylic acids is 1. The number of hydrogen-bond acceptors (Lipinski definition) is 6. The van der Waals surface area contributed by atoms with Crippen LogP contribution in [0.2, 0.25) is 0 Å². The fraction of sp³-hybridized carbons (Fsp3) is 0.562. The Hall–Kier alpha value is -2.40. The zero-order chi connectivity index (χ0) is 19.9.